The molecule has 0 unspecified atom stereocenters. The number of aliphatic hydroxyl groups is 1. The van der Waals surface area contributed by atoms with Crippen molar-refractivity contribution in [1.82, 2.24) is 5.32 Å². The van der Waals surface area contributed by atoms with E-state index in [0.717, 1.165) is 0 Å². The lowest BCUT2D eigenvalue weighted by Crippen LogP contribution is -2.10. The fourth-order valence-corrected chi connectivity index (χ4v) is 0.132. The highest BCUT2D eigenvalue weighted by molar-refractivity contribution is 5.53. The van der Waals surface area contributed by atoms with Gasteiger partial charge < -0.3 is 10.4 Å². The third kappa shape index (κ3) is 3.43. The zero-order valence-electron chi connectivity index (χ0n) is 3.68. The number of aliphatic hydroxyl groups excluding tert-OH is 1. The van der Waals surface area contributed by atoms with E-state index in [1.165, 1.54) is 6.34 Å². The lowest BCUT2D eigenvalue weighted by atomic mass is 11.1. The van der Waals surface area contributed by atoms with Crippen molar-refractivity contribution in [2.75, 3.05) is 13.8 Å². The molecule has 0 aliphatic heterocycles. The number of aliphatic imine (C=N–C) groups is 1. The van der Waals surface area contributed by atoms with Crippen LogP contribution in [0.2, 0.25) is 0 Å². The fourth-order valence-electron chi connectivity index (χ4n) is 0.132. The minimum atomic E-state index is -0.0443. The van der Waals surface area contributed by atoms with Gasteiger partial charge in [-0.1, -0.05) is 0 Å². The largest absolute Gasteiger partial charge is 0.377 e. The fraction of sp³-hybridized carbons (Fsp3) is 0.667. The van der Waals surface area contributed by atoms with Gasteiger partial charge in [0.1, 0.15) is 6.73 Å². The van der Waals surface area contributed by atoms with Crippen LogP contribution in [0.3, 0.4) is 0 Å². The van der Waals surface area contributed by atoms with Gasteiger partial charge in [-0.3, -0.25) is 4.99 Å². The van der Waals surface area contributed by atoms with E-state index in [2.05, 4.69) is 10.3 Å². The average Bonchev–Trinajstić information content (AvgIpc) is 1.61. The van der Waals surface area contributed by atoms with Crippen molar-refractivity contribution >= 4 is 6.34 Å². The maximum atomic E-state index is 8.00. The quantitative estimate of drug-likeness (QED) is 0.263. The Labute approximate surface area is 36.7 Å². The second-order valence-corrected chi connectivity index (χ2v) is 0.750. The van der Waals surface area contributed by atoms with E-state index in [9.17, 15) is 0 Å². The molecule has 0 radical (unpaired) electrons. The Balaban J connectivity index is 2.66. The highest BCUT2D eigenvalue weighted by atomic mass is 16.3. The third-order valence-electron chi connectivity index (χ3n) is 0.312. The van der Waals surface area contributed by atoms with Crippen LogP contribution in [0.5, 0.6) is 0 Å². The van der Waals surface area contributed by atoms with Gasteiger partial charge in [-0.25, -0.2) is 0 Å². The smallest absolute Gasteiger partial charge is 0.113 e. The number of rotatable bonds is 2. The lowest BCUT2D eigenvalue weighted by molar-refractivity contribution is 0.288. The Morgan fingerprint density at radius 3 is 2.83 bits per heavy atom. The second kappa shape index (κ2) is 4.43. The predicted molar refractivity (Wildman–Crippen MR) is 24.6 cm³/mol. The van der Waals surface area contributed by atoms with E-state index in [0.29, 0.717) is 0 Å². The molecule has 0 atom stereocenters. The van der Waals surface area contributed by atoms with Crippen LogP contribution < -0.4 is 5.32 Å². The number of nitrogens with one attached hydrogen (secondary N) is 1. The summed E-state index contributed by atoms with van der Waals surface area (Å²) in [6.07, 6.45) is 1.43. The molecule has 0 saturated heterocycles. The van der Waals surface area contributed by atoms with Crippen LogP contribution in [0.25, 0.3) is 0 Å². The van der Waals surface area contributed by atoms with E-state index in [4.69, 9.17) is 5.11 Å². The first kappa shape index (κ1) is 5.43. The van der Waals surface area contributed by atoms with E-state index < -0.39 is 0 Å². The van der Waals surface area contributed by atoms with Crippen molar-refractivity contribution in [3.63, 3.8) is 0 Å². The third-order valence-corrected chi connectivity index (χ3v) is 0.312. The molecule has 3 nitrogen and oxygen atoms in total. The summed E-state index contributed by atoms with van der Waals surface area (Å²) in [6.45, 7) is -0.0443. The standard InChI is InChI=1S/C3H8N2O/c1-4-2-5-3-6/h2,6H,3H2,1H3,(H,4,5). The summed E-state index contributed by atoms with van der Waals surface area (Å²) in [5.41, 5.74) is 0. The number of hydrogen-bond donors (Lipinski definition) is 2. The van der Waals surface area contributed by atoms with Crippen molar-refractivity contribution in [3.8, 4) is 0 Å². The topological polar surface area (TPSA) is 44.6 Å². The Morgan fingerprint density at radius 2 is 2.67 bits per heavy atom. The summed E-state index contributed by atoms with van der Waals surface area (Å²) in [7, 11) is 1.63. The van der Waals surface area contributed by atoms with Crippen molar-refractivity contribution in [2.24, 2.45) is 4.99 Å². The number of nitrogens with zero attached hydrogens (tertiary/aromatic N) is 1. The van der Waals surface area contributed by atoms with Crippen LogP contribution in [0.1, 0.15) is 0 Å². The van der Waals surface area contributed by atoms with Crippen molar-refractivity contribution in [1.29, 1.82) is 0 Å². The van der Waals surface area contributed by atoms with Gasteiger partial charge in [0.05, 0.1) is 6.34 Å². The molecule has 0 aliphatic rings. The molecular formula is C3H8N2O. The Bertz CT molecular complexity index is 44.1. The zero-order valence-corrected chi connectivity index (χ0v) is 3.68. The molecule has 3 heteroatoms. The van der Waals surface area contributed by atoms with Crippen LogP contribution in [0, 0.1) is 0 Å². The van der Waals surface area contributed by atoms with Crippen LogP contribution in [0.4, 0.5) is 0 Å². The second-order valence-electron chi connectivity index (χ2n) is 0.750. The molecule has 0 spiro atoms. The Morgan fingerprint density at radius 1 is 2.00 bits per heavy atom. The molecular weight excluding hydrogens is 80.0 g/mol. The first-order valence-corrected chi connectivity index (χ1v) is 1.66. The van der Waals surface area contributed by atoms with Gasteiger partial charge in [0.15, 0.2) is 0 Å². The average molecular weight is 88.1 g/mol. The van der Waals surface area contributed by atoms with Crippen molar-refractivity contribution in [2.45, 2.75) is 0 Å². The predicted octanol–water partition coefficient (Wildman–Crippen LogP) is -0.816. The molecule has 0 aromatic heterocycles. The van der Waals surface area contributed by atoms with Gasteiger partial charge in [-0.15, -0.1) is 0 Å². The molecule has 0 rings (SSSR count). The van der Waals surface area contributed by atoms with Crippen LogP contribution in [-0.4, -0.2) is 25.2 Å². The Kier molecular flexibility index (Phi) is 4.01. The first-order valence-electron chi connectivity index (χ1n) is 1.66. The van der Waals surface area contributed by atoms with Gasteiger partial charge in [0.25, 0.3) is 0 Å². The zero-order chi connectivity index (χ0) is 4.83. The molecule has 0 aromatic carbocycles. The SMILES string of the molecule is CN=CNCO. The molecule has 0 amide bonds. The molecule has 6 heavy (non-hydrogen) atoms. The summed E-state index contributed by atoms with van der Waals surface area (Å²) in [4.78, 5) is 3.53. The van der Waals surface area contributed by atoms with Crippen LogP contribution >= 0.6 is 0 Å². The molecule has 0 aromatic rings. The maximum absolute atomic E-state index is 8.00. The summed E-state index contributed by atoms with van der Waals surface area (Å²) in [5, 5.41) is 10.5. The van der Waals surface area contributed by atoms with Gasteiger partial charge in [-0.05, 0) is 0 Å². The van der Waals surface area contributed by atoms with Gasteiger partial charge in [0, 0.05) is 7.05 Å². The molecule has 0 bridgehead atoms. The minimum absolute atomic E-state index is 0.0443. The van der Waals surface area contributed by atoms with E-state index in [-0.39, 0.29) is 6.73 Å². The van der Waals surface area contributed by atoms with Crippen molar-refractivity contribution < 1.29 is 5.11 Å². The summed E-state index contributed by atoms with van der Waals surface area (Å²) in [5.74, 6) is 0. The van der Waals surface area contributed by atoms with E-state index in [1.54, 1.807) is 7.05 Å². The van der Waals surface area contributed by atoms with Crippen LogP contribution in [0.15, 0.2) is 4.99 Å². The molecule has 0 fully saturated rings. The molecule has 0 aliphatic carbocycles. The molecule has 0 saturated carbocycles. The number of hydrogen-bond acceptors (Lipinski definition) is 2. The van der Waals surface area contributed by atoms with Gasteiger partial charge in [0.2, 0.25) is 0 Å². The van der Waals surface area contributed by atoms with E-state index >= 15 is 0 Å². The normalized spacial score (nSPS) is 9.67. The summed E-state index contributed by atoms with van der Waals surface area (Å²) >= 11 is 0. The van der Waals surface area contributed by atoms with Gasteiger partial charge in [-0.2, -0.15) is 0 Å². The van der Waals surface area contributed by atoms with Crippen LogP contribution in [-0.2, 0) is 0 Å². The van der Waals surface area contributed by atoms with Gasteiger partial charge >= 0.3 is 0 Å². The van der Waals surface area contributed by atoms with E-state index in [1.807, 2.05) is 0 Å². The summed E-state index contributed by atoms with van der Waals surface area (Å²) < 4.78 is 0. The highest BCUT2D eigenvalue weighted by Gasteiger charge is 1.59. The molecule has 0 heterocycles. The Hall–Kier alpha value is -0.570. The monoisotopic (exact) mass is 88.1 g/mol. The highest BCUT2D eigenvalue weighted by Crippen LogP contribution is 1.42. The summed E-state index contributed by atoms with van der Waals surface area (Å²) in [6, 6.07) is 0. The van der Waals surface area contributed by atoms with Crippen molar-refractivity contribution in [3.05, 3.63) is 0 Å². The maximum Gasteiger partial charge on any atom is 0.113 e. The minimum Gasteiger partial charge on any atom is -0.377 e. The molecule has 36 valence electrons. The molecule has 2 N–H and O–H groups in total. The first-order chi connectivity index (χ1) is 2.91. The lowest BCUT2D eigenvalue weighted by Gasteiger charge is -1.84.